The Labute approximate surface area is 142 Å². The molecule has 9 nitrogen and oxygen atoms in total. The van der Waals surface area contributed by atoms with Gasteiger partial charge in [0.05, 0.1) is 17.4 Å². The Morgan fingerprint density at radius 3 is 2.72 bits per heavy atom. The lowest BCUT2D eigenvalue weighted by atomic mass is 10.2. The summed E-state index contributed by atoms with van der Waals surface area (Å²) < 4.78 is 0. The van der Waals surface area contributed by atoms with Crippen LogP contribution in [0.25, 0.3) is 10.9 Å². The molecule has 25 heavy (non-hydrogen) atoms. The number of hydrogen-bond acceptors (Lipinski definition) is 6. The third-order valence-electron chi connectivity index (χ3n) is 4.31. The van der Waals surface area contributed by atoms with Gasteiger partial charge < -0.3 is 9.88 Å². The Hall–Kier alpha value is -3.07. The summed E-state index contributed by atoms with van der Waals surface area (Å²) in [6, 6.07) is 6.99. The second-order valence-corrected chi connectivity index (χ2v) is 5.93. The van der Waals surface area contributed by atoms with E-state index in [-0.39, 0.29) is 17.3 Å². The molecule has 9 heteroatoms. The molecule has 2 N–H and O–H groups in total. The Kier molecular flexibility index (Phi) is 3.98. The summed E-state index contributed by atoms with van der Waals surface area (Å²) in [6.45, 7) is 3.27. The average molecular weight is 339 g/mol. The van der Waals surface area contributed by atoms with Gasteiger partial charge in [-0.3, -0.25) is 19.6 Å². The van der Waals surface area contributed by atoms with E-state index in [1.165, 1.54) is 6.33 Å². The van der Waals surface area contributed by atoms with Crippen molar-refractivity contribution >= 4 is 16.8 Å². The van der Waals surface area contributed by atoms with Crippen LogP contribution in [0, 0.1) is 0 Å². The number of hydrogen-bond donors (Lipinski definition) is 2. The largest absolute Gasteiger partial charge is 0.333 e. The van der Waals surface area contributed by atoms with Crippen LogP contribution in [0.1, 0.15) is 16.4 Å². The fraction of sp³-hybridized carbons (Fsp3) is 0.312. The first-order chi connectivity index (χ1) is 12.2. The number of benzene rings is 1. The first-order valence-corrected chi connectivity index (χ1v) is 8.05. The second-order valence-electron chi connectivity index (χ2n) is 5.93. The zero-order chi connectivity index (χ0) is 17.2. The van der Waals surface area contributed by atoms with Crippen LogP contribution in [0.5, 0.6) is 0 Å². The number of rotatable bonds is 3. The maximum Gasteiger partial charge on any atom is 0.289 e. The molecule has 0 spiro atoms. The van der Waals surface area contributed by atoms with Crippen molar-refractivity contribution in [1.29, 1.82) is 0 Å². The molecule has 2 aromatic heterocycles. The van der Waals surface area contributed by atoms with Crippen LogP contribution in [0.4, 0.5) is 0 Å². The van der Waals surface area contributed by atoms with E-state index in [2.05, 4.69) is 30.0 Å². The lowest BCUT2D eigenvalue weighted by molar-refractivity contribution is 0.0613. The molecule has 1 aliphatic rings. The minimum Gasteiger partial charge on any atom is -0.333 e. The molecule has 0 saturated carbocycles. The number of fused-ring (bicyclic) bond motifs is 1. The number of aromatic nitrogens is 5. The highest BCUT2D eigenvalue weighted by molar-refractivity contribution is 5.92. The minimum absolute atomic E-state index is 0.0902. The molecule has 1 aliphatic heterocycles. The number of aromatic amines is 2. The third kappa shape index (κ3) is 3.13. The van der Waals surface area contributed by atoms with Crippen LogP contribution in [-0.4, -0.2) is 67.0 Å². The van der Waals surface area contributed by atoms with Crippen LogP contribution < -0.4 is 5.56 Å². The highest BCUT2D eigenvalue weighted by Gasteiger charge is 2.24. The van der Waals surface area contributed by atoms with E-state index < -0.39 is 0 Å². The quantitative estimate of drug-likeness (QED) is 0.695. The molecule has 3 aromatic rings. The fourth-order valence-electron chi connectivity index (χ4n) is 2.97. The summed E-state index contributed by atoms with van der Waals surface area (Å²) in [5, 5.41) is 7.15. The summed E-state index contributed by atoms with van der Waals surface area (Å²) in [5.74, 6) is 0.648. The molecule has 3 heterocycles. The van der Waals surface area contributed by atoms with Gasteiger partial charge in [0.25, 0.3) is 11.5 Å². The molecule has 0 atom stereocenters. The van der Waals surface area contributed by atoms with E-state index in [9.17, 15) is 9.59 Å². The topological polar surface area (TPSA) is 111 Å². The summed E-state index contributed by atoms with van der Waals surface area (Å²) in [5.41, 5.74) is 0.233. The standard InChI is InChI=1S/C16H17N7O2/c24-15-11-3-1-2-4-12(11)19-14(20-15)16(25)23-7-5-22(6-8-23)9-13-17-10-18-21-13/h1-4,10H,5-9H2,(H,17,18,21)(H,19,20,24). The molecule has 0 aliphatic carbocycles. The van der Waals surface area contributed by atoms with Gasteiger partial charge in [0, 0.05) is 26.2 Å². The van der Waals surface area contributed by atoms with E-state index in [0.717, 1.165) is 18.9 Å². The van der Waals surface area contributed by atoms with E-state index in [1.807, 2.05) is 0 Å². The van der Waals surface area contributed by atoms with Crippen molar-refractivity contribution in [2.24, 2.45) is 0 Å². The van der Waals surface area contributed by atoms with E-state index in [4.69, 9.17) is 0 Å². The maximum atomic E-state index is 12.7. The lowest BCUT2D eigenvalue weighted by Gasteiger charge is -2.33. The van der Waals surface area contributed by atoms with Crippen molar-refractivity contribution in [2.75, 3.05) is 26.2 Å². The Balaban J connectivity index is 1.46. The van der Waals surface area contributed by atoms with Crippen molar-refractivity contribution in [3.8, 4) is 0 Å². The molecular formula is C16H17N7O2. The summed E-state index contributed by atoms with van der Waals surface area (Å²) in [6.07, 6.45) is 1.48. The van der Waals surface area contributed by atoms with Gasteiger partial charge in [-0.15, -0.1) is 0 Å². The molecule has 1 amide bonds. The van der Waals surface area contributed by atoms with Gasteiger partial charge in [0.1, 0.15) is 12.2 Å². The summed E-state index contributed by atoms with van der Waals surface area (Å²) in [7, 11) is 0. The van der Waals surface area contributed by atoms with Crippen molar-refractivity contribution in [3.05, 3.63) is 52.6 Å². The summed E-state index contributed by atoms with van der Waals surface area (Å²) >= 11 is 0. The predicted octanol–water partition coefficient (Wildman–Crippen LogP) is -0.000800. The number of piperazine rings is 1. The van der Waals surface area contributed by atoms with Gasteiger partial charge >= 0.3 is 0 Å². The van der Waals surface area contributed by atoms with Gasteiger partial charge in [-0.2, -0.15) is 5.10 Å². The van der Waals surface area contributed by atoms with Gasteiger partial charge in [0.15, 0.2) is 5.82 Å². The van der Waals surface area contributed by atoms with Crippen LogP contribution in [0.2, 0.25) is 0 Å². The van der Waals surface area contributed by atoms with Crippen LogP contribution in [-0.2, 0) is 6.54 Å². The zero-order valence-electron chi connectivity index (χ0n) is 13.5. The number of carbonyl (C=O) groups is 1. The Morgan fingerprint density at radius 2 is 1.96 bits per heavy atom. The van der Waals surface area contributed by atoms with Crippen LogP contribution in [0.15, 0.2) is 35.4 Å². The van der Waals surface area contributed by atoms with Crippen LogP contribution in [0.3, 0.4) is 0 Å². The molecule has 0 radical (unpaired) electrons. The Morgan fingerprint density at radius 1 is 1.16 bits per heavy atom. The maximum absolute atomic E-state index is 12.7. The molecule has 1 aromatic carbocycles. The van der Waals surface area contributed by atoms with Crippen LogP contribution >= 0.6 is 0 Å². The number of para-hydroxylation sites is 1. The second kappa shape index (κ2) is 6.44. The number of amides is 1. The number of carbonyl (C=O) groups excluding carboxylic acids is 1. The van der Waals surface area contributed by atoms with Crippen molar-refractivity contribution < 1.29 is 4.79 Å². The molecule has 4 rings (SSSR count). The molecule has 0 unspecified atom stereocenters. The normalized spacial score (nSPS) is 15.6. The van der Waals surface area contributed by atoms with Crippen molar-refractivity contribution in [3.63, 3.8) is 0 Å². The van der Waals surface area contributed by atoms with Crippen molar-refractivity contribution in [2.45, 2.75) is 6.54 Å². The Bertz CT molecular complexity index is 943. The monoisotopic (exact) mass is 339 g/mol. The molecule has 0 bridgehead atoms. The first-order valence-electron chi connectivity index (χ1n) is 8.05. The summed E-state index contributed by atoms with van der Waals surface area (Å²) in [4.78, 5) is 39.7. The minimum atomic E-state index is -0.294. The zero-order valence-corrected chi connectivity index (χ0v) is 13.5. The molecular weight excluding hydrogens is 322 g/mol. The number of H-pyrrole nitrogens is 2. The highest BCUT2D eigenvalue weighted by atomic mass is 16.2. The third-order valence-corrected chi connectivity index (χ3v) is 4.31. The number of nitrogens with zero attached hydrogens (tertiary/aromatic N) is 5. The average Bonchev–Trinajstić information content (AvgIpc) is 3.15. The highest BCUT2D eigenvalue weighted by Crippen LogP contribution is 2.10. The van der Waals surface area contributed by atoms with Gasteiger partial charge in [-0.05, 0) is 12.1 Å². The van der Waals surface area contributed by atoms with E-state index in [1.54, 1.807) is 29.2 Å². The lowest BCUT2D eigenvalue weighted by Crippen LogP contribution is -2.49. The fourth-order valence-corrected chi connectivity index (χ4v) is 2.97. The van der Waals surface area contributed by atoms with Gasteiger partial charge in [-0.25, -0.2) is 9.97 Å². The molecule has 128 valence electrons. The van der Waals surface area contributed by atoms with Gasteiger partial charge in [0.2, 0.25) is 0 Å². The molecule has 1 fully saturated rings. The molecule has 1 saturated heterocycles. The predicted molar refractivity (Wildman–Crippen MR) is 89.9 cm³/mol. The van der Waals surface area contributed by atoms with E-state index in [0.29, 0.717) is 30.5 Å². The van der Waals surface area contributed by atoms with E-state index >= 15 is 0 Å². The first kappa shape index (κ1) is 15.5. The number of nitrogens with one attached hydrogen (secondary N) is 2. The SMILES string of the molecule is O=C(c1nc2ccccc2c(=O)[nH]1)N1CCN(Cc2ncn[nH]2)CC1. The van der Waals surface area contributed by atoms with Crippen molar-refractivity contribution in [1.82, 2.24) is 34.9 Å². The smallest absolute Gasteiger partial charge is 0.289 e. The van der Waals surface area contributed by atoms with Gasteiger partial charge in [-0.1, -0.05) is 12.1 Å².